The molecule has 2 aliphatic heterocycles. The van der Waals surface area contributed by atoms with Gasteiger partial charge in [-0.25, -0.2) is 9.59 Å². The fraction of sp³-hybridized carbons (Fsp3) is 0.375. The van der Waals surface area contributed by atoms with E-state index < -0.39 is 17.6 Å². The van der Waals surface area contributed by atoms with Crippen LogP contribution >= 0.6 is 0 Å². The minimum Gasteiger partial charge on any atom is -0.479 e. The average Bonchev–Trinajstić information content (AvgIpc) is 3.41. The summed E-state index contributed by atoms with van der Waals surface area (Å²) < 4.78 is 5.47. The Morgan fingerprint density at radius 1 is 1.03 bits per heavy atom. The number of carbonyl (C=O) groups is 3. The third kappa shape index (κ3) is 3.15. The van der Waals surface area contributed by atoms with Gasteiger partial charge in [0, 0.05) is 25.4 Å². The molecule has 2 amide bonds. The molecule has 2 aromatic rings. The van der Waals surface area contributed by atoms with Crippen LogP contribution in [-0.4, -0.2) is 53.2 Å². The smallest absolute Gasteiger partial charge is 0.407 e. The normalized spacial score (nSPS) is 23.0. The number of carbonyl (C=O) groups excluding carboxylic acids is 2. The number of carboxylic acids is 1. The summed E-state index contributed by atoms with van der Waals surface area (Å²) in [6.07, 6.45) is 0.557. The summed E-state index contributed by atoms with van der Waals surface area (Å²) in [5, 5.41) is 12.1. The number of hydrogen-bond donors (Lipinski definition) is 2. The Morgan fingerprint density at radius 2 is 1.65 bits per heavy atom. The van der Waals surface area contributed by atoms with E-state index in [0.29, 0.717) is 19.4 Å². The maximum absolute atomic E-state index is 12.5. The van der Waals surface area contributed by atoms with Crippen LogP contribution in [0.2, 0.25) is 0 Å². The maximum Gasteiger partial charge on any atom is 0.407 e. The zero-order chi connectivity index (χ0) is 21.6. The van der Waals surface area contributed by atoms with Crippen molar-refractivity contribution in [3.8, 4) is 11.1 Å². The number of nitrogens with zero attached hydrogens (tertiary/aromatic N) is 1. The number of amides is 2. The van der Waals surface area contributed by atoms with E-state index in [2.05, 4.69) is 29.6 Å². The predicted molar refractivity (Wildman–Crippen MR) is 112 cm³/mol. The van der Waals surface area contributed by atoms with Gasteiger partial charge in [-0.1, -0.05) is 48.5 Å². The van der Waals surface area contributed by atoms with Crippen LogP contribution < -0.4 is 5.32 Å². The molecule has 3 fully saturated rings. The second-order valence-electron chi connectivity index (χ2n) is 8.62. The highest BCUT2D eigenvalue weighted by Gasteiger charge is 2.62. The van der Waals surface area contributed by atoms with E-state index in [0.717, 1.165) is 22.3 Å². The largest absolute Gasteiger partial charge is 0.479 e. The lowest BCUT2D eigenvalue weighted by atomic mass is 9.73. The highest BCUT2D eigenvalue weighted by atomic mass is 16.5. The van der Waals surface area contributed by atoms with E-state index in [1.54, 1.807) is 0 Å². The molecule has 160 valence electrons. The van der Waals surface area contributed by atoms with Crippen molar-refractivity contribution in [1.29, 1.82) is 0 Å². The molecular weight excluding hydrogens is 396 g/mol. The number of benzene rings is 2. The van der Waals surface area contributed by atoms with Gasteiger partial charge < -0.3 is 20.1 Å². The molecule has 0 spiro atoms. The van der Waals surface area contributed by atoms with Crippen molar-refractivity contribution < 1.29 is 24.2 Å². The number of nitrogens with one attached hydrogen (secondary N) is 1. The first-order valence-electron chi connectivity index (χ1n) is 10.6. The zero-order valence-electron chi connectivity index (χ0n) is 17.0. The van der Waals surface area contributed by atoms with Gasteiger partial charge in [0.15, 0.2) is 0 Å². The predicted octanol–water partition coefficient (Wildman–Crippen LogP) is 2.99. The minimum absolute atomic E-state index is 0.0217. The lowest BCUT2D eigenvalue weighted by Gasteiger charge is -2.37. The topological polar surface area (TPSA) is 95.9 Å². The van der Waals surface area contributed by atoms with Gasteiger partial charge in [0.05, 0.1) is 0 Å². The highest BCUT2D eigenvalue weighted by Crippen LogP contribution is 2.50. The van der Waals surface area contributed by atoms with Crippen LogP contribution in [0.25, 0.3) is 11.1 Å². The summed E-state index contributed by atoms with van der Waals surface area (Å²) >= 11 is 0. The molecule has 2 aromatic carbocycles. The number of ether oxygens (including phenoxy) is 1. The Kier molecular flexibility index (Phi) is 4.68. The van der Waals surface area contributed by atoms with Crippen LogP contribution in [0.4, 0.5) is 4.79 Å². The van der Waals surface area contributed by atoms with Crippen LogP contribution in [0.3, 0.4) is 0 Å². The molecular formula is C24H24N2O5. The molecule has 1 saturated carbocycles. The Labute approximate surface area is 180 Å². The number of rotatable bonds is 6. The summed E-state index contributed by atoms with van der Waals surface area (Å²) in [4.78, 5) is 37.7. The summed E-state index contributed by atoms with van der Waals surface area (Å²) in [6.45, 7) is 0.826. The fourth-order valence-corrected chi connectivity index (χ4v) is 5.36. The van der Waals surface area contributed by atoms with Gasteiger partial charge in [-0.3, -0.25) is 4.79 Å². The van der Waals surface area contributed by atoms with Crippen LogP contribution in [0, 0.1) is 5.92 Å². The van der Waals surface area contributed by atoms with Crippen LogP contribution in [0.5, 0.6) is 0 Å². The average molecular weight is 420 g/mol. The molecule has 2 bridgehead atoms. The molecule has 2 saturated heterocycles. The highest BCUT2D eigenvalue weighted by molar-refractivity contribution is 5.89. The third-order valence-corrected chi connectivity index (χ3v) is 6.86. The molecule has 4 aliphatic rings. The second-order valence-corrected chi connectivity index (χ2v) is 8.62. The van der Waals surface area contributed by atoms with Crippen molar-refractivity contribution in [1.82, 2.24) is 10.2 Å². The molecule has 0 radical (unpaired) electrons. The molecule has 7 heteroatoms. The number of hydrogen-bond acceptors (Lipinski definition) is 4. The monoisotopic (exact) mass is 420 g/mol. The summed E-state index contributed by atoms with van der Waals surface area (Å²) in [5.41, 5.74) is 3.58. The molecule has 0 aromatic heterocycles. The SMILES string of the molecule is O=C(NCCC(=O)N1CC2CC1(C(=O)O)C2)OCC1c2ccccc2-c2ccccc21. The lowest BCUT2D eigenvalue weighted by Crippen LogP contribution is -2.54. The van der Waals surface area contributed by atoms with Gasteiger partial charge in [0.1, 0.15) is 12.1 Å². The van der Waals surface area contributed by atoms with Crippen LogP contribution in [-0.2, 0) is 14.3 Å². The van der Waals surface area contributed by atoms with Gasteiger partial charge in [0.25, 0.3) is 0 Å². The van der Waals surface area contributed by atoms with Crippen LogP contribution in [0.15, 0.2) is 48.5 Å². The molecule has 0 unspecified atom stereocenters. The molecule has 2 N–H and O–H groups in total. The zero-order valence-corrected chi connectivity index (χ0v) is 17.0. The minimum atomic E-state index is -1.02. The quantitative estimate of drug-likeness (QED) is 0.749. The summed E-state index contributed by atoms with van der Waals surface area (Å²) in [7, 11) is 0. The van der Waals surface area contributed by atoms with Crippen molar-refractivity contribution in [2.24, 2.45) is 5.92 Å². The first kappa shape index (κ1) is 19.6. The second kappa shape index (κ2) is 7.41. The summed E-state index contributed by atoms with van der Waals surface area (Å²) in [6, 6.07) is 16.2. The standard InChI is InChI=1S/C24H24N2O5/c27-21(26-13-15-11-24(26,12-15)22(28)29)9-10-25-23(30)31-14-20-18-7-3-1-5-16(18)17-6-2-4-8-19(17)20/h1-8,15,20H,9-14H2,(H,25,30)(H,28,29). The Balaban J connectivity index is 1.14. The van der Waals surface area contributed by atoms with E-state index in [1.807, 2.05) is 24.3 Å². The molecule has 2 aliphatic carbocycles. The van der Waals surface area contributed by atoms with E-state index in [1.165, 1.54) is 4.90 Å². The van der Waals surface area contributed by atoms with E-state index in [4.69, 9.17) is 4.74 Å². The first-order chi connectivity index (χ1) is 15.0. The Bertz CT molecular complexity index is 1010. The first-order valence-corrected chi connectivity index (χ1v) is 10.6. The summed E-state index contributed by atoms with van der Waals surface area (Å²) in [5.74, 6) is -0.901. The number of aliphatic carboxylic acids is 1. The molecule has 31 heavy (non-hydrogen) atoms. The third-order valence-electron chi connectivity index (χ3n) is 6.86. The van der Waals surface area contributed by atoms with E-state index >= 15 is 0 Å². The van der Waals surface area contributed by atoms with Crippen molar-refractivity contribution in [2.75, 3.05) is 19.7 Å². The van der Waals surface area contributed by atoms with Crippen molar-refractivity contribution in [3.63, 3.8) is 0 Å². The number of carboxylic acid groups (broad SMARTS) is 1. The van der Waals surface area contributed by atoms with E-state index in [9.17, 15) is 19.5 Å². The Hall–Kier alpha value is -3.35. The molecule has 6 rings (SSSR count). The molecule has 7 nitrogen and oxygen atoms in total. The Morgan fingerprint density at radius 3 is 2.26 bits per heavy atom. The van der Waals surface area contributed by atoms with Gasteiger partial charge in [-0.05, 0) is 41.0 Å². The van der Waals surface area contributed by atoms with Crippen molar-refractivity contribution >= 4 is 18.0 Å². The van der Waals surface area contributed by atoms with Gasteiger partial charge >= 0.3 is 12.1 Å². The van der Waals surface area contributed by atoms with Gasteiger partial charge in [-0.2, -0.15) is 0 Å². The molecule has 0 atom stereocenters. The molecule has 2 heterocycles. The van der Waals surface area contributed by atoms with Crippen molar-refractivity contribution in [2.45, 2.75) is 30.7 Å². The van der Waals surface area contributed by atoms with Gasteiger partial charge in [0.2, 0.25) is 5.91 Å². The number of fused-ring (bicyclic) bond motifs is 4. The van der Waals surface area contributed by atoms with Crippen molar-refractivity contribution in [3.05, 3.63) is 59.7 Å². The maximum atomic E-state index is 12.5. The lowest BCUT2D eigenvalue weighted by molar-refractivity contribution is -0.158. The van der Waals surface area contributed by atoms with Crippen LogP contribution in [0.1, 0.15) is 36.3 Å². The van der Waals surface area contributed by atoms with Gasteiger partial charge in [-0.15, -0.1) is 0 Å². The number of alkyl carbamates (subject to hydrolysis) is 1. The fourth-order valence-electron chi connectivity index (χ4n) is 5.36. The van der Waals surface area contributed by atoms with E-state index in [-0.39, 0.29) is 37.3 Å².